The van der Waals surface area contributed by atoms with Crippen molar-refractivity contribution in [2.24, 2.45) is 0 Å². The number of aliphatic hydroxyl groups is 1. The molecule has 0 aromatic carbocycles. The minimum absolute atomic E-state index is 0.626. The zero-order chi connectivity index (χ0) is 11.6. The highest BCUT2D eigenvalue weighted by Gasteiger charge is 2.34. The van der Waals surface area contributed by atoms with Crippen LogP contribution in [-0.4, -0.2) is 30.1 Å². The van der Waals surface area contributed by atoms with E-state index < -0.39 is 11.4 Å². The van der Waals surface area contributed by atoms with Crippen LogP contribution in [0.3, 0.4) is 0 Å². The Hall–Kier alpha value is -1.01. The van der Waals surface area contributed by atoms with Gasteiger partial charge >= 0.3 is 0 Å². The van der Waals surface area contributed by atoms with Gasteiger partial charge in [-0.1, -0.05) is 0 Å². The molecule has 0 saturated carbocycles. The van der Waals surface area contributed by atoms with Crippen molar-refractivity contribution in [2.45, 2.75) is 11.4 Å². The van der Waals surface area contributed by atoms with Crippen LogP contribution < -0.4 is 0 Å². The van der Waals surface area contributed by atoms with Crippen LogP contribution in [0.2, 0.25) is 0 Å². The first-order chi connectivity index (χ1) is 7.64. The normalized spacial score (nSPS) is 21.2. The Labute approximate surface area is 97.8 Å². The molecular formula is C11H13NO3S. The van der Waals surface area contributed by atoms with E-state index in [1.165, 1.54) is 11.3 Å². The molecule has 0 aliphatic heterocycles. The van der Waals surface area contributed by atoms with Crippen LogP contribution in [0.15, 0.2) is 35.9 Å². The fraction of sp³-hybridized carbons (Fsp3) is 0.364. The monoisotopic (exact) mass is 239 g/mol. The summed E-state index contributed by atoms with van der Waals surface area (Å²) in [5.74, 6) is -0.885. The maximum Gasteiger partial charge on any atom is 0.207 e. The summed E-state index contributed by atoms with van der Waals surface area (Å²) in [4.78, 5) is 4.10. The van der Waals surface area contributed by atoms with Gasteiger partial charge in [0.05, 0.1) is 0 Å². The minimum atomic E-state index is -1.16. The van der Waals surface area contributed by atoms with E-state index in [-0.39, 0.29) is 0 Å². The van der Waals surface area contributed by atoms with Gasteiger partial charge in [-0.15, -0.1) is 11.3 Å². The first-order valence-corrected chi connectivity index (χ1v) is 5.65. The second-order valence-electron chi connectivity index (χ2n) is 3.46. The quantitative estimate of drug-likeness (QED) is 0.640. The molecule has 1 N–H and O–H groups in total. The van der Waals surface area contributed by atoms with E-state index in [4.69, 9.17) is 9.47 Å². The van der Waals surface area contributed by atoms with E-state index in [0.717, 1.165) is 0 Å². The summed E-state index contributed by atoms with van der Waals surface area (Å²) in [6.07, 6.45) is 8.26. The van der Waals surface area contributed by atoms with Crippen molar-refractivity contribution in [1.29, 1.82) is 0 Å². The third-order valence-corrected chi connectivity index (χ3v) is 3.47. The molecule has 0 spiro atoms. The summed E-state index contributed by atoms with van der Waals surface area (Å²) in [6.45, 7) is 0. The van der Waals surface area contributed by atoms with Crippen molar-refractivity contribution in [1.82, 2.24) is 4.98 Å². The van der Waals surface area contributed by atoms with E-state index in [1.807, 2.05) is 5.38 Å². The molecule has 1 aromatic rings. The van der Waals surface area contributed by atoms with Crippen LogP contribution in [-0.2, 0) is 15.1 Å². The molecule has 0 saturated heterocycles. The van der Waals surface area contributed by atoms with Crippen LogP contribution in [0.25, 0.3) is 0 Å². The van der Waals surface area contributed by atoms with Gasteiger partial charge in [0, 0.05) is 25.8 Å². The van der Waals surface area contributed by atoms with Crippen molar-refractivity contribution in [2.75, 3.05) is 14.2 Å². The number of ether oxygens (including phenoxy) is 2. The second-order valence-corrected chi connectivity index (χ2v) is 4.35. The van der Waals surface area contributed by atoms with Crippen molar-refractivity contribution >= 4 is 11.3 Å². The number of rotatable bonds is 3. The molecule has 0 bridgehead atoms. The molecule has 16 heavy (non-hydrogen) atoms. The smallest absolute Gasteiger partial charge is 0.207 e. The molecule has 0 atom stereocenters. The standard InChI is InChI=1S/C11H13NO3S/c1-14-11(15-2)5-3-10(13,4-6-11)9-12-7-8-16-9/h3-8,13H,1-2H3. The van der Waals surface area contributed by atoms with Crippen LogP contribution in [0.4, 0.5) is 0 Å². The third kappa shape index (κ3) is 1.82. The van der Waals surface area contributed by atoms with Crippen LogP contribution in [0, 0.1) is 0 Å². The van der Waals surface area contributed by atoms with Crippen molar-refractivity contribution in [3.63, 3.8) is 0 Å². The van der Waals surface area contributed by atoms with Crippen LogP contribution >= 0.6 is 11.3 Å². The largest absolute Gasteiger partial charge is 0.375 e. The van der Waals surface area contributed by atoms with E-state index in [0.29, 0.717) is 5.01 Å². The van der Waals surface area contributed by atoms with E-state index >= 15 is 0 Å². The van der Waals surface area contributed by atoms with Gasteiger partial charge in [0.2, 0.25) is 5.79 Å². The van der Waals surface area contributed by atoms with Crippen molar-refractivity contribution in [3.05, 3.63) is 40.9 Å². The topological polar surface area (TPSA) is 51.6 Å². The lowest BCUT2D eigenvalue weighted by molar-refractivity contribution is -0.136. The van der Waals surface area contributed by atoms with Crippen molar-refractivity contribution < 1.29 is 14.6 Å². The molecule has 1 aliphatic carbocycles. The Morgan fingerprint density at radius 1 is 1.19 bits per heavy atom. The van der Waals surface area contributed by atoms with Gasteiger partial charge in [-0.3, -0.25) is 0 Å². The summed E-state index contributed by atoms with van der Waals surface area (Å²) in [5, 5.41) is 12.8. The fourth-order valence-corrected chi connectivity index (χ4v) is 2.21. The van der Waals surface area contributed by atoms with Gasteiger partial charge in [-0.05, 0) is 24.3 Å². The highest BCUT2D eigenvalue weighted by Crippen LogP contribution is 2.33. The summed E-state index contributed by atoms with van der Waals surface area (Å²) < 4.78 is 10.4. The number of thiazole rings is 1. The number of nitrogens with zero attached hydrogens (tertiary/aromatic N) is 1. The summed E-state index contributed by atoms with van der Waals surface area (Å²) in [5.41, 5.74) is -1.16. The Bertz CT molecular complexity index is 391. The highest BCUT2D eigenvalue weighted by molar-refractivity contribution is 7.09. The minimum Gasteiger partial charge on any atom is -0.375 e. The molecule has 4 nitrogen and oxygen atoms in total. The third-order valence-electron chi connectivity index (χ3n) is 2.55. The maximum atomic E-state index is 10.3. The molecule has 5 heteroatoms. The molecule has 0 amide bonds. The zero-order valence-electron chi connectivity index (χ0n) is 9.08. The molecule has 1 aliphatic rings. The summed E-state index contributed by atoms with van der Waals surface area (Å²) in [6, 6.07) is 0. The Morgan fingerprint density at radius 2 is 1.81 bits per heavy atom. The number of hydrogen-bond acceptors (Lipinski definition) is 5. The zero-order valence-corrected chi connectivity index (χ0v) is 9.90. The first-order valence-electron chi connectivity index (χ1n) is 4.77. The van der Waals surface area contributed by atoms with E-state index in [9.17, 15) is 5.11 Å². The fourth-order valence-electron chi connectivity index (χ4n) is 1.52. The molecule has 1 heterocycles. The first kappa shape index (κ1) is 11.5. The SMILES string of the molecule is COC1(OC)C=CC(O)(c2nccs2)C=C1. The highest BCUT2D eigenvalue weighted by atomic mass is 32.1. The predicted molar refractivity (Wildman–Crippen MR) is 61.0 cm³/mol. The Kier molecular flexibility index (Phi) is 2.94. The van der Waals surface area contributed by atoms with Gasteiger partial charge in [-0.2, -0.15) is 0 Å². The molecule has 2 rings (SSSR count). The number of hydrogen-bond donors (Lipinski definition) is 1. The molecule has 1 aromatic heterocycles. The average molecular weight is 239 g/mol. The number of methoxy groups -OCH3 is 2. The predicted octanol–water partition coefficient (Wildman–Crippen LogP) is 1.45. The van der Waals surface area contributed by atoms with Gasteiger partial charge in [0.15, 0.2) is 5.60 Å². The van der Waals surface area contributed by atoms with Crippen LogP contribution in [0.1, 0.15) is 5.01 Å². The van der Waals surface area contributed by atoms with Gasteiger partial charge in [0.1, 0.15) is 5.01 Å². The Balaban J connectivity index is 2.29. The molecule has 0 radical (unpaired) electrons. The van der Waals surface area contributed by atoms with Gasteiger partial charge in [-0.25, -0.2) is 4.98 Å². The number of aromatic nitrogens is 1. The van der Waals surface area contributed by atoms with E-state index in [2.05, 4.69) is 4.98 Å². The lowest BCUT2D eigenvalue weighted by Crippen LogP contribution is -2.34. The van der Waals surface area contributed by atoms with Gasteiger partial charge < -0.3 is 14.6 Å². The summed E-state index contributed by atoms with van der Waals surface area (Å²) in [7, 11) is 3.10. The second kappa shape index (κ2) is 4.10. The molecule has 0 unspecified atom stereocenters. The lowest BCUT2D eigenvalue weighted by atomic mass is 9.96. The van der Waals surface area contributed by atoms with E-state index in [1.54, 1.807) is 44.7 Å². The molecular weight excluding hydrogens is 226 g/mol. The lowest BCUT2D eigenvalue weighted by Gasteiger charge is -2.30. The molecule has 0 fully saturated rings. The average Bonchev–Trinajstić information content (AvgIpc) is 2.85. The van der Waals surface area contributed by atoms with Crippen LogP contribution in [0.5, 0.6) is 0 Å². The van der Waals surface area contributed by atoms with Gasteiger partial charge in [0.25, 0.3) is 0 Å². The van der Waals surface area contributed by atoms with Crippen molar-refractivity contribution in [3.8, 4) is 0 Å². The summed E-state index contributed by atoms with van der Waals surface area (Å²) >= 11 is 1.40. The molecule has 86 valence electrons. The Morgan fingerprint density at radius 3 is 2.25 bits per heavy atom. The maximum absolute atomic E-state index is 10.3.